The number of amides is 1. The van der Waals surface area contributed by atoms with E-state index in [-0.39, 0.29) is 11.9 Å². The molecule has 0 saturated carbocycles. The molecule has 0 aliphatic carbocycles. The molecule has 27 heavy (non-hydrogen) atoms. The van der Waals surface area contributed by atoms with Crippen LogP contribution in [0.1, 0.15) is 28.3 Å². The number of carbonyl (C=O) groups excluding carboxylic acids is 1. The molecule has 1 atom stereocenters. The minimum Gasteiger partial charge on any atom is -0.337 e. The summed E-state index contributed by atoms with van der Waals surface area (Å²) >= 11 is 9.36. The number of thiocarbonyl (C=S) groups is 1. The molecule has 0 spiro atoms. The zero-order chi connectivity index (χ0) is 18.8. The number of hydrogen-bond donors (Lipinski definition) is 2. The van der Waals surface area contributed by atoms with Crippen molar-refractivity contribution >= 4 is 57.3 Å². The molecule has 4 rings (SSSR count). The van der Waals surface area contributed by atoms with E-state index < -0.39 is 0 Å². The number of thiophene rings is 2. The van der Waals surface area contributed by atoms with Crippen LogP contribution in [0.25, 0.3) is 0 Å². The second-order valence-electron chi connectivity index (χ2n) is 6.35. The van der Waals surface area contributed by atoms with Crippen LogP contribution in [-0.2, 0) is 11.2 Å². The van der Waals surface area contributed by atoms with Gasteiger partial charge in [-0.1, -0.05) is 6.07 Å². The van der Waals surface area contributed by atoms with E-state index >= 15 is 0 Å². The van der Waals surface area contributed by atoms with E-state index in [0.717, 1.165) is 29.5 Å². The predicted molar refractivity (Wildman–Crippen MR) is 118 cm³/mol. The van der Waals surface area contributed by atoms with Crippen LogP contribution in [0.4, 0.5) is 11.4 Å². The molecule has 138 valence electrons. The molecule has 1 aliphatic heterocycles. The quantitative estimate of drug-likeness (QED) is 0.586. The van der Waals surface area contributed by atoms with E-state index in [9.17, 15) is 4.79 Å². The van der Waals surface area contributed by atoms with Crippen LogP contribution >= 0.6 is 34.9 Å². The maximum atomic E-state index is 11.2. The summed E-state index contributed by atoms with van der Waals surface area (Å²) in [6.07, 6.45) is 1.01. The lowest BCUT2D eigenvalue weighted by Gasteiger charge is -2.37. The second-order valence-corrected chi connectivity index (χ2v) is 8.72. The van der Waals surface area contributed by atoms with Gasteiger partial charge in [0.1, 0.15) is 0 Å². The summed E-state index contributed by atoms with van der Waals surface area (Å²) in [5.41, 5.74) is 3.05. The van der Waals surface area contributed by atoms with E-state index in [0.29, 0.717) is 0 Å². The molecule has 0 radical (unpaired) electrons. The number of anilines is 2. The van der Waals surface area contributed by atoms with Gasteiger partial charge in [0.05, 0.1) is 6.04 Å². The highest BCUT2D eigenvalue weighted by atomic mass is 32.1. The molecule has 0 fully saturated rings. The van der Waals surface area contributed by atoms with E-state index in [1.807, 2.05) is 35.6 Å². The Morgan fingerprint density at radius 1 is 1.07 bits per heavy atom. The maximum absolute atomic E-state index is 11.2. The fourth-order valence-corrected chi connectivity index (χ4v) is 5.40. The third kappa shape index (κ3) is 3.90. The standard InChI is InChI=1S/C20H19N3OS3/c1-13(24)21-14-4-6-15(7-5-14)22-20(25)23-10-8-17-16(9-12-27-17)19(23)18-3-2-11-26-18/h2-7,9,11-12,19H,8,10H2,1H3,(H,21,24)(H,22,25)/t19-/m0/s1. The van der Waals surface area contributed by atoms with Crippen molar-refractivity contribution in [3.05, 3.63) is 68.5 Å². The Hall–Kier alpha value is -2.22. The van der Waals surface area contributed by atoms with Gasteiger partial charge in [-0.25, -0.2) is 0 Å². The first-order valence-electron chi connectivity index (χ1n) is 8.67. The van der Waals surface area contributed by atoms with Crippen molar-refractivity contribution in [1.82, 2.24) is 4.90 Å². The van der Waals surface area contributed by atoms with Gasteiger partial charge in [0.2, 0.25) is 5.91 Å². The summed E-state index contributed by atoms with van der Waals surface area (Å²) < 4.78 is 0. The van der Waals surface area contributed by atoms with Crippen molar-refractivity contribution in [1.29, 1.82) is 0 Å². The van der Waals surface area contributed by atoms with Crippen LogP contribution < -0.4 is 10.6 Å². The minimum absolute atomic E-state index is 0.0788. The lowest BCUT2D eigenvalue weighted by molar-refractivity contribution is -0.114. The zero-order valence-electron chi connectivity index (χ0n) is 14.8. The SMILES string of the molecule is CC(=O)Nc1ccc(NC(=S)N2CCc3sccc3[C@H]2c2cccs2)cc1. The molecule has 1 aromatic carbocycles. The topological polar surface area (TPSA) is 44.4 Å². The summed E-state index contributed by atoms with van der Waals surface area (Å²) in [5, 5.41) is 11.1. The molecule has 4 nitrogen and oxygen atoms in total. The van der Waals surface area contributed by atoms with Gasteiger partial charge in [-0.2, -0.15) is 0 Å². The molecule has 1 amide bonds. The Labute approximate surface area is 171 Å². The largest absolute Gasteiger partial charge is 0.337 e. The first-order valence-corrected chi connectivity index (χ1v) is 10.8. The van der Waals surface area contributed by atoms with Gasteiger partial charge in [-0.05, 0) is 71.4 Å². The number of benzene rings is 1. The minimum atomic E-state index is -0.0788. The Morgan fingerprint density at radius 3 is 2.48 bits per heavy atom. The number of nitrogens with zero attached hydrogens (tertiary/aromatic N) is 1. The van der Waals surface area contributed by atoms with Crippen LogP contribution in [-0.4, -0.2) is 22.5 Å². The summed E-state index contributed by atoms with van der Waals surface area (Å²) in [7, 11) is 0. The average molecular weight is 414 g/mol. The van der Waals surface area contributed by atoms with Crippen molar-refractivity contribution < 1.29 is 4.79 Å². The molecular weight excluding hydrogens is 394 g/mol. The van der Waals surface area contributed by atoms with Crippen LogP contribution in [0, 0.1) is 0 Å². The number of rotatable bonds is 3. The lowest BCUT2D eigenvalue weighted by atomic mass is 9.99. The molecule has 2 N–H and O–H groups in total. The summed E-state index contributed by atoms with van der Waals surface area (Å²) in [6.45, 7) is 2.40. The Balaban J connectivity index is 1.55. The number of nitrogens with one attached hydrogen (secondary N) is 2. The molecule has 3 heterocycles. The number of carbonyl (C=O) groups is 1. The Morgan fingerprint density at radius 2 is 1.81 bits per heavy atom. The second kappa shape index (κ2) is 7.80. The van der Waals surface area contributed by atoms with Gasteiger partial charge in [0.15, 0.2) is 5.11 Å². The maximum Gasteiger partial charge on any atom is 0.221 e. The van der Waals surface area contributed by atoms with E-state index in [2.05, 4.69) is 44.5 Å². The molecule has 2 aromatic heterocycles. The molecular formula is C20H19N3OS3. The van der Waals surface area contributed by atoms with Crippen molar-refractivity contribution in [3.8, 4) is 0 Å². The molecule has 0 saturated heterocycles. The van der Waals surface area contributed by atoms with Crippen LogP contribution in [0.3, 0.4) is 0 Å². The smallest absolute Gasteiger partial charge is 0.221 e. The summed E-state index contributed by atoms with van der Waals surface area (Å²) in [6, 6.07) is 14.3. The monoisotopic (exact) mass is 413 g/mol. The van der Waals surface area contributed by atoms with E-state index in [1.54, 1.807) is 11.3 Å². The molecule has 0 unspecified atom stereocenters. The predicted octanol–water partition coefficient (Wildman–Crippen LogP) is 5.11. The van der Waals surface area contributed by atoms with Gasteiger partial charge < -0.3 is 15.5 Å². The average Bonchev–Trinajstić information content (AvgIpc) is 3.33. The first kappa shape index (κ1) is 18.2. The first-order chi connectivity index (χ1) is 13.1. The van der Waals surface area contributed by atoms with Crippen LogP contribution in [0.5, 0.6) is 0 Å². The zero-order valence-corrected chi connectivity index (χ0v) is 17.2. The van der Waals surface area contributed by atoms with Crippen LogP contribution in [0.15, 0.2) is 53.2 Å². The Bertz CT molecular complexity index is 947. The summed E-state index contributed by atoms with van der Waals surface area (Å²) in [4.78, 5) is 16.2. The van der Waals surface area contributed by atoms with Gasteiger partial charge in [-0.15, -0.1) is 22.7 Å². The highest BCUT2D eigenvalue weighted by molar-refractivity contribution is 7.80. The third-order valence-corrected chi connectivity index (χ3v) is 6.75. The third-order valence-electron chi connectivity index (χ3n) is 4.50. The Kier molecular flexibility index (Phi) is 5.24. The van der Waals surface area contributed by atoms with Gasteiger partial charge >= 0.3 is 0 Å². The fraction of sp³-hybridized carbons (Fsp3) is 0.200. The number of fused-ring (bicyclic) bond motifs is 1. The van der Waals surface area contributed by atoms with Crippen molar-refractivity contribution in [3.63, 3.8) is 0 Å². The fourth-order valence-electron chi connectivity index (χ4n) is 3.32. The molecule has 1 aliphatic rings. The lowest BCUT2D eigenvalue weighted by Crippen LogP contribution is -2.42. The molecule has 0 bridgehead atoms. The van der Waals surface area contributed by atoms with Gasteiger partial charge in [0.25, 0.3) is 0 Å². The van der Waals surface area contributed by atoms with Crippen molar-refractivity contribution in [2.75, 3.05) is 17.2 Å². The number of hydrogen-bond acceptors (Lipinski definition) is 4. The van der Waals surface area contributed by atoms with Crippen molar-refractivity contribution in [2.45, 2.75) is 19.4 Å². The van der Waals surface area contributed by atoms with Gasteiger partial charge in [0, 0.05) is 34.6 Å². The van der Waals surface area contributed by atoms with Gasteiger partial charge in [-0.3, -0.25) is 4.79 Å². The van der Waals surface area contributed by atoms with E-state index in [4.69, 9.17) is 12.2 Å². The summed E-state index contributed by atoms with van der Waals surface area (Å²) in [5.74, 6) is -0.0788. The van der Waals surface area contributed by atoms with E-state index in [1.165, 1.54) is 22.2 Å². The molecule has 7 heteroatoms. The van der Waals surface area contributed by atoms with Crippen LogP contribution in [0.2, 0.25) is 0 Å². The van der Waals surface area contributed by atoms with Crippen molar-refractivity contribution in [2.24, 2.45) is 0 Å². The molecule has 3 aromatic rings. The highest BCUT2D eigenvalue weighted by Crippen LogP contribution is 2.39. The highest BCUT2D eigenvalue weighted by Gasteiger charge is 2.31. The normalized spacial score (nSPS) is 15.9.